The van der Waals surface area contributed by atoms with E-state index >= 15 is 0 Å². The number of allylic oxidation sites excluding steroid dienone is 1. The molecule has 3 rings (SSSR count). The first-order valence-corrected chi connectivity index (χ1v) is 12.5. The Morgan fingerprint density at radius 2 is 1.73 bits per heavy atom. The minimum Gasteiger partial charge on any atom is -0.458 e. The van der Waals surface area contributed by atoms with Crippen LogP contribution in [-0.4, -0.2) is 54.6 Å². The first-order valence-electron chi connectivity index (χ1n) is 11.5. The topological polar surface area (TPSA) is 53.7 Å². The molecule has 0 unspecified atom stereocenters. The van der Waals surface area contributed by atoms with Crippen LogP contribution in [0.2, 0.25) is 0 Å². The first-order chi connectivity index (χ1) is 16.0. The van der Waals surface area contributed by atoms with E-state index in [9.17, 15) is 9.59 Å². The smallest absolute Gasteiger partial charge is 0.367 e. The lowest BCUT2D eigenvalue weighted by molar-refractivity contribution is -0.671. The molecule has 1 fully saturated rings. The number of piperazine rings is 1. The summed E-state index contributed by atoms with van der Waals surface area (Å²) in [7, 11) is 2.02. The van der Waals surface area contributed by atoms with E-state index in [1.807, 2.05) is 16.5 Å². The zero-order valence-electron chi connectivity index (χ0n) is 19.8. The zero-order valence-corrected chi connectivity index (χ0v) is 20.6. The number of hydrogen-bond acceptors (Lipinski definition) is 5. The fourth-order valence-corrected chi connectivity index (χ4v) is 4.45. The molecule has 1 aromatic heterocycles. The van der Waals surface area contributed by atoms with E-state index in [0.717, 1.165) is 37.9 Å². The van der Waals surface area contributed by atoms with E-state index in [4.69, 9.17) is 4.74 Å². The number of benzene rings is 1. The fraction of sp³-hybridized carbons (Fsp3) is 0.423. The molecule has 0 spiro atoms. The standard InChI is InChI=1S/C26H34N3O3S/c1-4-32-26(31)33-19-5-6-25(30)29-17-15-28(16-18-29)24-9-7-22(8-10-24)20-21(2)23-11-13-27(3)14-12-23/h7-14,20H,4-6,15-19H2,1-3H3/q+1. The summed E-state index contributed by atoms with van der Waals surface area (Å²) >= 11 is 1.15. The molecule has 1 aromatic carbocycles. The van der Waals surface area contributed by atoms with Crippen LogP contribution in [0.4, 0.5) is 10.5 Å². The van der Waals surface area contributed by atoms with Crippen molar-refractivity contribution in [3.63, 3.8) is 0 Å². The van der Waals surface area contributed by atoms with Crippen molar-refractivity contribution in [3.05, 3.63) is 59.9 Å². The molecule has 2 aromatic rings. The number of nitrogens with zero attached hydrogens (tertiary/aromatic N) is 3. The second-order valence-corrected chi connectivity index (χ2v) is 9.20. The van der Waals surface area contributed by atoms with Crippen molar-refractivity contribution in [3.8, 4) is 0 Å². The number of aromatic nitrogens is 1. The van der Waals surface area contributed by atoms with Gasteiger partial charge in [-0.25, -0.2) is 9.36 Å². The van der Waals surface area contributed by atoms with Gasteiger partial charge in [0, 0.05) is 56.2 Å². The predicted molar refractivity (Wildman–Crippen MR) is 135 cm³/mol. The molecule has 0 saturated carbocycles. The van der Waals surface area contributed by atoms with Gasteiger partial charge in [-0.15, -0.1) is 0 Å². The number of aryl methyl sites for hydroxylation is 1. The number of carbonyl (C=O) groups excluding carboxylic acids is 2. The van der Waals surface area contributed by atoms with Crippen LogP contribution in [0.25, 0.3) is 11.6 Å². The molecule has 0 atom stereocenters. The molecular formula is C26H34N3O3S+. The van der Waals surface area contributed by atoms with E-state index in [0.29, 0.717) is 25.2 Å². The largest absolute Gasteiger partial charge is 0.458 e. The lowest BCUT2D eigenvalue weighted by Crippen LogP contribution is -2.48. The van der Waals surface area contributed by atoms with Gasteiger partial charge in [-0.2, -0.15) is 0 Å². The SMILES string of the molecule is CCOC(=O)SCCCC(=O)N1CCN(c2ccc(/C=C(\C)c3cc[n+](C)cc3)cc2)CC1. The van der Waals surface area contributed by atoms with Crippen molar-refractivity contribution in [1.82, 2.24) is 4.90 Å². The number of ether oxygens (including phenoxy) is 1. The van der Waals surface area contributed by atoms with Gasteiger partial charge in [0.05, 0.1) is 6.61 Å². The van der Waals surface area contributed by atoms with E-state index in [1.54, 1.807) is 6.92 Å². The van der Waals surface area contributed by atoms with Gasteiger partial charge in [0.2, 0.25) is 5.91 Å². The average Bonchev–Trinajstić information content (AvgIpc) is 2.83. The van der Waals surface area contributed by atoms with Crippen LogP contribution in [0.5, 0.6) is 0 Å². The Bertz CT molecular complexity index is 950. The van der Waals surface area contributed by atoms with Crippen LogP contribution in [0.15, 0.2) is 48.8 Å². The maximum atomic E-state index is 12.5. The molecule has 0 aliphatic carbocycles. The van der Waals surface area contributed by atoms with E-state index in [1.165, 1.54) is 22.4 Å². The first kappa shape index (κ1) is 24.8. The number of rotatable bonds is 8. The lowest BCUT2D eigenvalue weighted by Gasteiger charge is -2.36. The van der Waals surface area contributed by atoms with Crippen molar-refractivity contribution in [2.75, 3.05) is 43.4 Å². The van der Waals surface area contributed by atoms with Gasteiger partial charge in [-0.1, -0.05) is 18.2 Å². The number of anilines is 1. The van der Waals surface area contributed by atoms with Crippen molar-refractivity contribution in [2.24, 2.45) is 7.05 Å². The van der Waals surface area contributed by atoms with Gasteiger partial charge in [0.1, 0.15) is 7.05 Å². The second kappa shape index (κ2) is 12.4. The average molecular weight is 469 g/mol. The van der Waals surface area contributed by atoms with Gasteiger partial charge >= 0.3 is 5.30 Å². The van der Waals surface area contributed by atoms with Gasteiger partial charge in [-0.3, -0.25) is 4.79 Å². The molecule has 1 saturated heterocycles. The number of amides is 1. The highest BCUT2D eigenvalue weighted by atomic mass is 32.2. The predicted octanol–water partition coefficient (Wildman–Crippen LogP) is 4.39. The Morgan fingerprint density at radius 3 is 2.36 bits per heavy atom. The third-order valence-corrected chi connectivity index (χ3v) is 6.57. The minimum absolute atomic E-state index is 0.171. The molecule has 0 bridgehead atoms. The molecule has 1 amide bonds. The minimum atomic E-state index is -0.260. The Morgan fingerprint density at radius 1 is 1.06 bits per heavy atom. The fourth-order valence-electron chi connectivity index (χ4n) is 3.79. The normalized spacial score (nSPS) is 14.3. The van der Waals surface area contributed by atoms with Crippen molar-refractivity contribution in [2.45, 2.75) is 26.7 Å². The van der Waals surface area contributed by atoms with Crippen LogP contribution in [0.3, 0.4) is 0 Å². The third kappa shape index (κ3) is 7.63. The molecule has 1 aliphatic heterocycles. The Labute approximate surface area is 201 Å². The van der Waals surface area contributed by atoms with E-state index in [-0.39, 0.29) is 11.2 Å². The van der Waals surface area contributed by atoms with Gasteiger partial charge < -0.3 is 14.5 Å². The van der Waals surface area contributed by atoms with Gasteiger partial charge in [-0.05, 0) is 60.9 Å². The molecule has 6 nitrogen and oxygen atoms in total. The molecule has 33 heavy (non-hydrogen) atoms. The van der Waals surface area contributed by atoms with Gasteiger partial charge in [0.15, 0.2) is 12.4 Å². The number of carbonyl (C=O) groups is 2. The molecule has 7 heteroatoms. The zero-order chi connectivity index (χ0) is 23.6. The molecule has 0 radical (unpaired) electrons. The summed E-state index contributed by atoms with van der Waals surface area (Å²) in [6.45, 7) is 7.44. The number of pyridine rings is 1. The maximum absolute atomic E-state index is 12.5. The summed E-state index contributed by atoms with van der Waals surface area (Å²) in [6.07, 6.45) is 7.49. The highest BCUT2D eigenvalue weighted by Crippen LogP contribution is 2.21. The third-order valence-electron chi connectivity index (χ3n) is 5.72. The Kier molecular flexibility index (Phi) is 9.36. The van der Waals surface area contributed by atoms with Gasteiger partial charge in [0.25, 0.3) is 0 Å². The summed E-state index contributed by atoms with van der Waals surface area (Å²) in [4.78, 5) is 28.1. The monoisotopic (exact) mass is 468 g/mol. The van der Waals surface area contributed by atoms with E-state index in [2.05, 4.69) is 66.7 Å². The highest BCUT2D eigenvalue weighted by molar-refractivity contribution is 8.13. The van der Waals surface area contributed by atoms with Crippen LogP contribution < -0.4 is 9.47 Å². The van der Waals surface area contributed by atoms with E-state index < -0.39 is 0 Å². The van der Waals surface area contributed by atoms with Crippen molar-refractivity contribution >= 4 is 40.3 Å². The molecule has 1 aliphatic rings. The Hall–Kier alpha value is -2.80. The lowest BCUT2D eigenvalue weighted by atomic mass is 10.1. The summed E-state index contributed by atoms with van der Waals surface area (Å²) in [5.74, 6) is 0.790. The van der Waals surface area contributed by atoms with Crippen LogP contribution in [0, 0.1) is 0 Å². The van der Waals surface area contributed by atoms with Crippen molar-refractivity contribution < 1.29 is 18.9 Å². The maximum Gasteiger partial charge on any atom is 0.367 e. The molecule has 176 valence electrons. The van der Waals surface area contributed by atoms with Crippen LogP contribution >= 0.6 is 11.8 Å². The van der Waals surface area contributed by atoms with Crippen LogP contribution in [-0.2, 0) is 16.6 Å². The second-order valence-electron chi connectivity index (χ2n) is 8.17. The molecule has 0 N–H and O–H groups in total. The Balaban J connectivity index is 1.45. The summed E-state index contributed by atoms with van der Waals surface area (Å²) in [5, 5.41) is -0.260. The number of hydrogen-bond donors (Lipinski definition) is 0. The summed E-state index contributed by atoms with van der Waals surface area (Å²) < 4.78 is 6.92. The number of thioether (sulfide) groups is 1. The summed E-state index contributed by atoms with van der Waals surface area (Å²) in [6, 6.07) is 12.9. The summed E-state index contributed by atoms with van der Waals surface area (Å²) in [5.41, 5.74) is 4.82. The quantitative estimate of drug-likeness (QED) is 0.327. The molecular weight excluding hydrogens is 434 g/mol. The van der Waals surface area contributed by atoms with Crippen molar-refractivity contribution in [1.29, 1.82) is 0 Å². The van der Waals surface area contributed by atoms with Crippen LogP contribution in [0.1, 0.15) is 37.8 Å². The molecule has 2 heterocycles. The highest BCUT2D eigenvalue weighted by Gasteiger charge is 2.21.